The van der Waals surface area contributed by atoms with Crippen molar-refractivity contribution in [2.75, 3.05) is 12.4 Å². The Balaban J connectivity index is 1.71. The number of pyridine rings is 2. The molecule has 0 fully saturated rings. The van der Waals surface area contributed by atoms with Gasteiger partial charge in [0.15, 0.2) is 5.65 Å². The molecule has 0 spiro atoms. The molecule has 1 amide bonds. The van der Waals surface area contributed by atoms with Crippen LogP contribution in [0.5, 0.6) is 5.75 Å². The molecular formula is C19H14FN5O2. The Morgan fingerprint density at radius 3 is 2.74 bits per heavy atom. The van der Waals surface area contributed by atoms with Gasteiger partial charge in [-0.2, -0.15) is 0 Å². The van der Waals surface area contributed by atoms with Crippen molar-refractivity contribution in [3.05, 3.63) is 66.4 Å². The van der Waals surface area contributed by atoms with Crippen molar-refractivity contribution in [3.8, 4) is 17.1 Å². The van der Waals surface area contributed by atoms with Crippen LogP contribution in [0.15, 0.2) is 55.0 Å². The third kappa shape index (κ3) is 3.20. The first-order chi connectivity index (χ1) is 13.2. The maximum atomic E-state index is 13.1. The number of fused-ring (bicyclic) bond motifs is 1. The summed E-state index contributed by atoms with van der Waals surface area (Å²) in [4.78, 5) is 28.4. The highest BCUT2D eigenvalue weighted by Crippen LogP contribution is 2.25. The fraction of sp³-hybridized carbons (Fsp3) is 0.0526. The Kier molecular flexibility index (Phi) is 4.21. The summed E-state index contributed by atoms with van der Waals surface area (Å²) in [6.45, 7) is 0. The van der Waals surface area contributed by atoms with Gasteiger partial charge in [0, 0.05) is 24.0 Å². The highest BCUT2D eigenvalue weighted by molar-refractivity contribution is 6.11. The Bertz CT molecular complexity index is 1120. The third-order valence-corrected chi connectivity index (χ3v) is 4.00. The lowest BCUT2D eigenvalue weighted by Crippen LogP contribution is -2.13. The van der Waals surface area contributed by atoms with E-state index >= 15 is 0 Å². The number of methoxy groups -OCH3 is 1. The molecular weight excluding hydrogens is 349 g/mol. The highest BCUT2D eigenvalue weighted by atomic mass is 19.1. The van der Waals surface area contributed by atoms with Gasteiger partial charge in [0.1, 0.15) is 23.1 Å². The number of H-pyrrole nitrogens is 1. The second kappa shape index (κ2) is 6.83. The number of aromatic amines is 1. The van der Waals surface area contributed by atoms with Crippen molar-refractivity contribution in [1.29, 1.82) is 0 Å². The van der Waals surface area contributed by atoms with E-state index in [2.05, 4.69) is 25.3 Å². The SMILES string of the molecule is COc1ccncc1NC(=O)c1ccnc2nc(-c3ccc(F)cc3)[nH]c12. The minimum Gasteiger partial charge on any atom is -0.494 e. The molecule has 0 saturated heterocycles. The van der Waals surface area contributed by atoms with Crippen LogP contribution in [0.3, 0.4) is 0 Å². The van der Waals surface area contributed by atoms with E-state index in [-0.39, 0.29) is 11.7 Å². The summed E-state index contributed by atoms with van der Waals surface area (Å²) in [5.41, 5.74) is 2.38. The normalized spacial score (nSPS) is 10.7. The van der Waals surface area contributed by atoms with Gasteiger partial charge in [0.2, 0.25) is 0 Å². The monoisotopic (exact) mass is 363 g/mol. The standard InChI is InChI=1S/C19H14FN5O2/c1-27-15-7-8-21-10-14(15)23-19(26)13-6-9-22-18-16(13)24-17(25-18)11-2-4-12(20)5-3-11/h2-10H,1H3,(H,23,26)(H,22,24,25). The average Bonchev–Trinajstić information content (AvgIpc) is 3.13. The molecule has 0 saturated carbocycles. The summed E-state index contributed by atoms with van der Waals surface area (Å²) in [5.74, 6) is 0.304. The molecule has 1 aromatic carbocycles. The van der Waals surface area contributed by atoms with Crippen LogP contribution in [0, 0.1) is 5.82 Å². The van der Waals surface area contributed by atoms with Gasteiger partial charge >= 0.3 is 0 Å². The molecule has 27 heavy (non-hydrogen) atoms. The number of hydrogen-bond acceptors (Lipinski definition) is 5. The van der Waals surface area contributed by atoms with Crippen LogP contribution < -0.4 is 10.1 Å². The molecule has 7 nitrogen and oxygen atoms in total. The summed E-state index contributed by atoms with van der Waals surface area (Å²) in [5, 5.41) is 2.77. The summed E-state index contributed by atoms with van der Waals surface area (Å²) in [6.07, 6.45) is 4.59. The third-order valence-electron chi connectivity index (χ3n) is 4.00. The van der Waals surface area contributed by atoms with Crippen LogP contribution in [0.1, 0.15) is 10.4 Å². The summed E-state index contributed by atoms with van der Waals surface area (Å²) >= 11 is 0. The van der Waals surface area contributed by atoms with E-state index in [1.807, 2.05) is 0 Å². The van der Waals surface area contributed by atoms with E-state index < -0.39 is 0 Å². The molecule has 0 aliphatic carbocycles. The average molecular weight is 363 g/mol. The largest absolute Gasteiger partial charge is 0.494 e. The number of nitrogens with one attached hydrogen (secondary N) is 2. The molecule has 0 aliphatic heterocycles. The Morgan fingerprint density at radius 2 is 1.96 bits per heavy atom. The zero-order valence-corrected chi connectivity index (χ0v) is 14.2. The number of anilines is 1. The zero-order chi connectivity index (χ0) is 18.8. The van der Waals surface area contributed by atoms with Gasteiger partial charge in [-0.05, 0) is 30.3 Å². The van der Waals surface area contributed by atoms with Crippen molar-refractivity contribution < 1.29 is 13.9 Å². The maximum absolute atomic E-state index is 13.1. The summed E-state index contributed by atoms with van der Waals surface area (Å²) in [7, 11) is 1.51. The zero-order valence-electron chi connectivity index (χ0n) is 14.2. The predicted octanol–water partition coefficient (Wildman–Crippen LogP) is 3.42. The molecule has 8 heteroatoms. The summed E-state index contributed by atoms with van der Waals surface area (Å²) in [6, 6.07) is 9.14. The number of rotatable bonds is 4. The van der Waals surface area contributed by atoms with Crippen molar-refractivity contribution in [2.24, 2.45) is 0 Å². The number of benzene rings is 1. The van der Waals surface area contributed by atoms with E-state index in [9.17, 15) is 9.18 Å². The second-order valence-corrected chi connectivity index (χ2v) is 5.68. The van der Waals surface area contributed by atoms with E-state index in [4.69, 9.17) is 4.74 Å². The van der Waals surface area contributed by atoms with Crippen LogP contribution in [-0.4, -0.2) is 33.0 Å². The van der Waals surface area contributed by atoms with Crippen LogP contribution in [0.4, 0.5) is 10.1 Å². The number of aromatic nitrogens is 4. The second-order valence-electron chi connectivity index (χ2n) is 5.68. The number of hydrogen-bond donors (Lipinski definition) is 2. The van der Waals surface area contributed by atoms with Gasteiger partial charge < -0.3 is 15.0 Å². The predicted molar refractivity (Wildman–Crippen MR) is 98.0 cm³/mol. The van der Waals surface area contributed by atoms with Gasteiger partial charge in [0.25, 0.3) is 5.91 Å². The van der Waals surface area contributed by atoms with E-state index in [1.54, 1.807) is 30.5 Å². The van der Waals surface area contributed by atoms with Crippen molar-refractivity contribution >= 4 is 22.8 Å². The molecule has 0 bridgehead atoms. The van der Waals surface area contributed by atoms with Gasteiger partial charge in [-0.3, -0.25) is 9.78 Å². The lowest BCUT2D eigenvalue weighted by molar-refractivity contribution is 0.102. The molecule has 0 unspecified atom stereocenters. The smallest absolute Gasteiger partial charge is 0.258 e. The topological polar surface area (TPSA) is 92.8 Å². The molecule has 3 aromatic heterocycles. The quantitative estimate of drug-likeness (QED) is 0.579. The number of nitrogens with zero attached hydrogens (tertiary/aromatic N) is 3. The Hall–Kier alpha value is -3.81. The maximum Gasteiger partial charge on any atom is 0.258 e. The van der Waals surface area contributed by atoms with Gasteiger partial charge in [-0.1, -0.05) is 0 Å². The first-order valence-corrected chi connectivity index (χ1v) is 8.05. The van der Waals surface area contributed by atoms with Gasteiger partial charge in [-0.15, -0.1) is 0 Å². The lowest BCUT2D eigenvalue weighted by atomic mass is 10.2. The van der Waals surface area contributed by atoms with Crippen molar-refractivity contribution in [2.45, 2.75) is 0 Å². The number of carbonyl (C=O) groups is 1. The number of ether oxygens (including phenoxy) is 1. The molecule has 134 valence electrons. The van der Waals surface area contributed by atoms with Gasteiger partial charge in [-0.25, -0.2) is 14.4 Å². The first kappa shape index (κ1) is 16.6. The number of amides is 1. The lowest BCUT2D eigenvalue weighted by Gasteiger charge is -2.09. The minimum absolute atomic E-state index is 0.335. The molecule has 0 atom stereocenters. The fourth-order valence-electron chi connectivity index (χ4n) is 2.69. The minimum atomic E-state index is -0.358. The van der Waals surface area contributed by atoms with E-state index in [0.717, 1.165) is 0 Å². The van der Waals surface area contributed by atoms with Crippen molar-refractivity contribution in [1.82, 2.24) is 19.9 Å². The van der Waals surface area contributed by atoms with E-state index in [0.29, 0.717) is 39.6 Å². The summed E-state index contributed by atoms with van der Waals surface area (Å²) < 4.78 is 18.4. The van der Waals surface area contributed by atoms with Crippen molar-refractivity contribution in [3.63, 3.8) is 0 Å². The molecule has 0 aliphatic rings. The Morgan fingerprint density at radius 1 is 1.15 bits per heavy atom. The molecule has 3 heterocycles. The molecule has 4 aromatic rings. The van der Waals surface area contributed by atoms with Gasteiger partial charge in [0.05, 0.1) is 24.4 Å². The first-order valence-electron chi connectivity index (χ1n) is 8.05. The van der Waals surface area contributed by atoms with Crippen LogP contribution in [-0.2, 0) is 0 Å². The Labute approximate surface area is 153 Å². The number of halogens is 1. The number of carbonyl (C=O) groups excluding carboxylic acids is 1. The van der Waals surface area contributed by atoms with Crippen LogP contribution in [0.2, 0.25) is 0 Å². The van der Waals surface area contributed by atoms with Crippen LogP contribution >= 0.6 is 0 Å². The number of imidazole rings is 1. The van der Waals surface area contributed by atoms with Crippen LogP contribution in [0.25, 0.3) is 22.6 Å². The highest BCUT2D eigenvalue weighted by Gasteiger charge is 2.16. The fourth-order valence-corrected chi connectivity index (χ4v) is 2.69. The molecule has 4 rings (SSSR count). The van der Waals surface area contributed by atoms with E-state index in [1.165, 1.54) is 31.6 Å². The molecule has 0 radical (unpaired) electrons. The molecule has 2 N–H and O–H groups in total.